The number of ether oxygens (including phenoxy) is 1. The van der Waals surface area contributed by atoms with Crippen LogP contribution in [0.3, 0.4) is 0 Å². The van der Waals surface area contributed by atoms with Gasteiger partial charge in [0.2, 0.25) is 0 Å². The highest BCUT2D eigenvalue weighted by Gasteiger charge is 2.20. The van der Waals surface area contributed by atoms with E-state index in [1.165, 1.54) is 6.08 Å². The van der Waals surface area contributed by atoms with Crippen LogP contribution in [0.1, 0.15) is 35.3 Å². The van der Waals surface area contributed by atoms with E-state index >= 15 is 0 Å². The predicted octanol–water partition coefficient (Wildman–Crippen LogP) is 2.36. The molecule has 0 saturated heterocycles. The molecule has 2 heterocycles. The van der Waals surface area contributed by atoms with Crippen LogP contribution in [0.5, 0.6) is 0 Å². The third-order valence-electron chi connectivity index (χ3n) is 3.45. The van der Waals surface area contributed by atoms with Gasteiger partial charge in [0.05, 0.1) is 29.0 Å². The molecule has 0 amide bonds. The third-order valence-corrected chi connectivity index (χ3v) is 3.45. The van der Waals surface area contributed by atoms with Crippen LogP contribution in [-0.4, -0.2) is 27.3 Å². The summed E-state index contributed by atoms with van der Waals surface area (Å²) >= 11 is 0. The molecule has 0 unspecified atom stereocenters. The van der Waals surface area contributed by atoms with Gasteiger partial charge >= 0.3 is 5.97 Å². The van der Waals surface area contributed by atoms with Crippen molar-refractivity contribution in [1.82, 2.24) is 14.8 Å². The van der Waals surface area contributed by atoms with Crippen molar-refractivity contribution in [2.75, 3.05) is 12.3 Å². The van der Waals surface area contributed by atoms with Crippen LogP contribution in [0.2, 0.25) is 0 Å². The molecule has 2 aromatic rings. The summed E-state index contributed by atoms with van der Waals surface area (Å²) in [6, 6.07) is 2.12. The zero-order valence-electron chi connectivity index (χ0n) is 13.1. The third kappa shape index (κ3) is 3.48. The lowest BCUT2D eigenvalue weighted by molar-refractivity contribution is 0.0550. The highest BCUT2D eigenvalue weighted by Crippen LogP contribution is 2.26. The quantitative estimate of drug-likeness (QED) is 0.477. The minimum Gasteiger partial charge on any atom is -0.458 e. The van der Waals surface area contributed by atoms with E-state index in [2.05, 4.69) is 22.7 Å². The number of nitrogens with two attached hydrogens (primary N) is 1. The van der Waals surface area contributed by atoms with Gasteiger partial charge in [-0.2, -0.15) is 10.4 Å². The summed E-state index contributed by atoms with van der Waals surface area (Å²) < 4.78 is 6.80. The molecular formula is C16H19N5O2. The number of nitrogen functional groups attached to an aromatic ring is 1. The molecule has 0 aliphatic rings. The van der Waals surface area contributed by atoms with Crippen LogP contribution < -0.4 is 5.73 Å². The lowest BCUT2D eigenvalue weighted by Crippen LogP contribution is -2.12. The molecule has 0 spiro atoms. The molecule has 0 atom stereocenters. The van der Waals surface area contributed by atoms with Crippen LogP contribution in [0, 0.1) is 18.3 Å². The second-order valence-corrected chi connectivity index (χ2v) is 5.09. The second-order valence-electron chi connectivity index (χ2n) is 5.09. The first kappa shape index (κ1) is 16.5. The molecule has 0 aliphatic carbocycles. The monoisotopic (exact) mass is 313 g/mol. The number of anilines is 1. The highest BCUT2D eigenvalue weighted by atomic mass is 16.5. The molecule has 7 heteroatoms. The molecule has 2 rings (SSSR count). The maximum atomic E-state index is 12.1. The standard InChI is InChI=1S/C16H19N5O2/c1-3-9-23-16(22)13-11(2)20-15-12(14(13)18)10-19-21(15)8-6-4-5-7-17/h3,10H,1,4-6,8-9H2,2H3,(H2,18,20). The number of unbranched alkanes of at least 4 members (excludes halogenated alkanes) is 2. The molecule has 0 bridgehead atoms. The number of aryl methyl sites for hydroxylation is 2. The van der Waals surface area contributed by atoms with E-state index in [4.69, 9.17) is 15.7 Å². The average molecular weight is 313 g/mol. The number of nitriles is 1. The highest BCUT2D eigenvalue weighted by molar-refractivity contribution is 6.04. The summed E-state index contributed by atoms with van der Waals surface area (Å²) in [4.78, 5) is 16.5. The van der Waals surface area contributed by atoms with Gasteiger partial charge in [-0.15, -0.1) is 0 Å². The lowest BCUT2D eigenvalue weighted by atomic mass is 10.1. The van der Waals surface area contributed by atoms with Crippen molar-refractivity contribution in [3.63, 3.8) is 0 Å². The van der Waals surface area contributed by atoms with Gasteiger partial charge in [0, 0.05) is 13.0 Å². The second kappa shape index (κ2) is 7.40. The number of carbonyl (C=O) groups is 1. The van der Waals surface area contributed by atoms with E-state index in [9.17, 15) is 4.79 Å². The number of fused-ring (bicyclic) bond motifs is 1. The molecule has 0 aromatic carbocycles. The molecular weight excluding hydrogens is 294 g/mol. The number of nitrogens with zero attached hydrogens (tertiary/aromatic N) is 4. The normalized spacial score (nSPS) is 10.4. The van der Waals surface area contributed by atoms with Crippen molar-refractivity contribution in [3.8, 4) is 6.07 Å². The topological polar surface area (TPSA) is 107 Å². The van der Waals surface area contributed by atoms with Gasteiger partial charge in [0.25, 0.3) is 0 Å². The van der Waals surface area contributed by atoms with Gasteiger partial charge in [0.1, 0.15) is 12.2 Å². The van der Waals surface area contributed by atoms with E-state index in [1.54, 1.807) is 17.8 Å². The van der Waals surface area contributed by atoms with Crippen LogP contribution in [-0.2, 0) is 11.3 Å². The number of aromatic nitrogens is 3. The van der Waals surface area contributed by atoms with Crippen LogP contribution >= 0.6 is 0 Å². The zero-order valence-corrected chi connectivity index (χ0v) is 13.1. The maximum Gasteiger partial charge on any atom is 0.342 e. The maximum absolute atomic E-state index is 12.1. The summed E-state index contributed by atoms with van der Waals surface area (Å²) in [5.74, 6) is -0.518. The van der Waals surface area contributed by atoms with Gasteiger partial charge in [0.15, 0.2) is 5.65 Å². The molecule has 120 valence electrons. The first-order valence-electron chi connectivity index (χ1n) is 7.36. The van der Waals surface area contributed by atoms with Crippen LogP contribution in [0.25, 0.3) is 11.0 Å². The van der Waals surface area contributed by atoms with Gasteiger partial charge in [-0.25, -0.2) is 14.5 Å². The average Bonchev–Trinajstić information content (AvgIpc) is 2.92. The van der Waals surface area contributed by atoms with Crippen molar-refractivity contribution >= 4 is 22.7 Å². The van der Waals surface area contributed by atoms with E-state index in [1.807, 2.05) is 0 Å². The van der Waals surface area contributed by atoms with E-state index in [0.29, 0.717) is 35.4 Å². The van der Waals surface area contributed by atoms with Crippen LogP contribution in [0.15, 0.2) is 18.9 Å². The summed E-state index contributed by atoms with van der Waals surface area (Å²) in [6.45, 7) is 5.99. The Hall–Kier alpha value is -2.88. The number of esters is 1. The van der Waals surface area contributed by atoms with E-state index in [0.717, 1.165) is 12.8 Å². The fraction of sp³-hybridized carbons (Fsp3) is 0.375. The first-order valence-corrected chi connectivity index (χ1v) is 7.36. The molecule has 0 aliphatic heterocycles. The van der Waals surface area contributed by atoms with E-state index in [-0.39, 0.29) is 12.2 Å². The Labute approximate surface area is 134 Å². The molecule has 2 aromatic heterocycles. The number of rotatable bonds is 7. The Kier molecular flexibility index (Phi) is 5.31. The molecule has 0 saturated carbocycles. The fourth-order valence-corrected chi connectivity index (χ4v) is 2.32. The number of hydrogen-bond donors (Lipinski definition) is 1. The van der Waals surface area contributed by atoms with Crippen molar-refractivity contribution < 1.29 is 9.53 Å². The number of pyridine rings is 1. The number of carbonyl (C=O) groups excluding carboxylic acids is 1. The Balaban J connectivity index is 2.31. The largest absolute Gasteiger partial charge is 0.458 e. The first-order chi connectivity index (χ1) is 11.1. The molecule has 7 nitrogen and oxygen atoms in total. The summed E-state index contributed by atoms with van der Waals surface area (Å²) in [7, 11) is 0. The Morgan fingerprint density at radius 1 is 1.57 bits per heavy atom. The lowest BCUT2D eigenvalue weighted by Gasteiger charge is -2.10. The summed E-state index contributed by atoms with van der Waals surface area (Å²) in [6.07, 6.45) is 5.25. The Bertz CT molecular complexity index is 773. The van der Waals surface area contributed by atoms with Crippen LogP contribution in [0.4, 0.5) is 5.69 Å². The molecule has 0 fully saturated rings. The van der Waals surface area contributed by atoms with Crippen molar-refractivity contribution in [3.05, 3.63) is 30.1 Å². The van der Waals surface area contributed by atoms with Crippen molar-refractivity contribution in [2.24, 2.45) is 0 Å². The van der Waals surface area contributed by atoms with Gasteiger partial charge in [-0.3, -0.25) is 0 Å². The fourth-order valence-electron chi connectivity index (χ4n) is 2.32. The van der Waals surface area contributed by atoms with Gasteiger partial charge in [-0.05, 0) is 19.8 Å². The predicted molar refractivity (Wildman–Crippen MR) is 86.6 cm³/mol. The van der Waals surface area contributed by atoms with Gasteiger partial charge < -0.3 is 10.5 Å². The SMILES string of the molecule is C=CCOC(=O)c1c(C)nc2c(cnn2CCCCC#N)c1N. The Morgan fingerprint density at radius 2 is 2.35 bits per heavy atom. The molecule has 0 radical (unpaired) electrons. The van der Waals surface area contributed by atoms with Crippen molar-refractivity contribution in [2.45, 2.75) is 32.7 Å². The summed E-state index contributed by atoms with van der Waals surface area (Å²) in [5, 5.41) is 13.5. The summed E-state index contributed by atoms with van der Waals surface area (Å²) in [5.41, 5.74) is 7.85. The van der Waals surface area contributed by atoms with E-state index < -0.39 is 5.97 Å². The Morgan fingerprint density at radius 3 is 3.04 bits per heavy atom. The van der Waals surface area contributed by atoms with Crippen molar-refractivity contribution in [1.29, 1.82) is 5.26 Å². The number of hydrogen-bond acceptors (Lipinski definition) is 6. The smallest absolute Gasteiger partial charge is 0.342 e. The minimum atomic E-state index is -0.518. The molecule has 2 N–H and O–H groups in total. The zero-order chi connectivity index (χ0) is 16.8. The minimum absolute atomic E-state index is 0.119. The van der Waals surface area contributed by atoms with Gasteiger partial charge in [-0.1, -0.05) is 12.7 Å². The molecule has 23 heavy (non-hydrogen) atoms.